The summed E-state index contributed by atoms with van der Waals surface area (Å²) < 4.78 is 44.2. The van der Waals surface area contributed by atoms with Gasteiger partial charge in [0.2, 0.25) is 0 Å². The number of hydrogen-bond acceptors (Lipinski definition) is 5. The van der Waals surface area contributed by atoms with Crippen molar-refractivity contribution < 1.29 is 27.5 Å². The molecule has 1 aliphatic heterocycles. The van der Waals surface area contributed by atoms with Crippen LogP contribution in [0.25, 0.3) is 0 Å². The fraction of sp³-hybridized carbons (Fsp3) is 0.280. The van der Waals surface area contributed by atoms with E-state index in [1.807, 2.05) is 13.0 Å². The van der Waals surface area contributed by atoms with Crippen LogP contribution in [0, 0.1) is 11.3 Å². The summed E-state index contributed by atoms with van der Waals surface area (Å²) in [6.07, 6.45) is -3.92. The summed E-state index contributed by atoms with van der Waals surface area (Å²) in [6.45, 7) is 2.19. The van der Waals surface area contributed by atoms with E-state index in [0.29, 0.717) is 23.5 Å². The maximum Gasteiger partial charge on any atom is 0.389 e. The number of ether oxygens (including phenoxy) is 1. The van der Waals surface area contributed by atoms with E-state index in [2.05, 4.69) is 10.4 Å². The van der Waals surface area contributed by atoms with Crippen molar-refractivity contribution in [2.75, 3.05) is 17.3 Å². The molecule has 1 aliphatic rings. The van der Waals surface area contributed by atoms with E-state index in [0.717, 1.165) is 0 Å². The Hall–Kier alpha value is -4.33. The highest BCUT2D eigenvalue weighted by Crippen LogP contribution is 2.30. The highest BCUT2D eigenvalue weighted by Gasteiger charge is 2.35. The number of aryl methyl sites for hydroxylation is 1. The number of hydrogen-bond donors (Lipinski definition) is 1. The fourth-order valence-electron chi connectivity index (χ4n) is 4.10. The van der Waals surface area contributed by atoms with Crippen LogP contribution >= 0.6 is 0 Å². The van der Waals surface area contributed by atoms with E-state index in [-0.39, 0.29) is 35.0 Å². The molecular formula is C25H22F3N5O3. The van der Waals surface area contributed by atoms with Crippen LogP contribution < -0.4 is 15.0 Å². The number of benzene rings is 2. The topological polar surface area (TPSA) is 100 Å². The van der Waals surface area contributed by atoms with Crippen molar-refractivity contribution in [3.63, 3.8) is 0 Å². The molecule has 0 aliphatic carbocycles. The van der Waals surface area contributed by atoms with Gasteiger partial charge in [0.25, 0.3) is 11.8 Å². The molecule has 4 rings (SSSR count). The molecular weight excluding hydrogens is 475 g/mol. The monoisotopic (exact) mass is 497 g/mol. The maximum atomic E-state index is 13.5. The molecule has 11 heteroatoms. The number of fused-ring (bicyclic) bond motifs is 1. The van der Waals surface area contributed by atoms with Gasteiger partial charge >= 0.3 is 6.18 Å². The quantitative estimate of drug-likeness (QED) is 0.538. The Balaban J connectivity index is 1.56. The number of nitriles is 1. The summed E-state index contributed by atoms with van der Waals surface area (Å²) in [6, 6.07) is 12.5. The molecule has 1 atom stereocenters. The minimum atomic E-state index is -4.24. The lowest BCUT2D eigenvalue weighted by atomic mass is 10.1. The number of methoxy groups -OCH3 is 1. The molecule has 0 saturated heterocycles. The SMILES string of the molecule is COc1ccc(C(=O)Nc2cnn3c2C(=O)N(c2ccc(CCC(F)(F)F)cc2)C(C)C3)cc1C#N. The second kappa shape index (κ2) is 9.73. The smallest absolute Gasteiger partial charge is 0.389 e. The Morgan fingerprint density at radius 3 is 2.61 bits per heavy atom. The molecule has 36 heavy (non-hydrogen) atoms. The number of rotatable bonds is 6. The molecule has 0 radical (unpaired) electrons. The van der Waals surface area contributed by atoms with E-state index in [9.17, 15) is 28.0 Å². The van der Waals surface area contributed by atoms with Gasteiger partial charge in [-0.2, -0.15) is 23.5 Å². The van der Waals surface area contributed by atoms with Crippen LogP contribution in [0.1, 0.15) is 45.3 Å². The van der Waals surface area contributed by atoms with Crippen LogP contribution in [-0.2, 0) is 13.0 Å². The van der Waals surface area contributed by atoms with Crippen molar-refractivity contribution in [1.82, 2.24) is 9.78 Å². The highest BCUT2D eigenvalue weighted by molar-refractivity contribution is 6.13. The molecule has 1 N–H and O–H groups in total. The summed E-state index contributed by atoms with van der Waals surface area (Å²) in [5.41, 5.74) is 1.83. The van der Waals surface area contributed by atoms with Crippen LogP contribution in [0.15, 0.2) is 48.7 Å². The van der Waals surface area contributed by atoms with Crippen molar-refractivity contribution in [3.05, 3.63) is 71.0 Å². The third kappa shape index (κ3) is 5.02. The van der Waals surface area contributed by atoms with Crippen LogP contribution in [-0.4, -0.2) is 40.9 Å². The Kier molecular flexibility index (Phi) is 6.70. The first-order valence-electron chi connectivity index (χ1n) is 11.1. The number of nitrogens with one attached hydrogen (secondary N) is 1. The van der Waals surface area contributed by atoms with Gasteiger partial charge in [-0.1, -0.05) is 12.1 Å². The first kappa shape index (κ1) is 24.8. The fourth-order valence-corrected chi connectivity index (χ4v) is 4.10. The van der Waals surface area contributed by atoms with Gasteiger partial charge in [-0.05, 0) is 49.2 Å². The molecule has 2 amide bonds. The van der Waals surface area contributed by atoms with E-state index in [1.54, 1.807) is 24.3 Å². The van der Waals surface area contributed by atoms with Crippen molar-refractivity contribution in [2.45, 2.75) is 38.5 Å². The number of carbonyl (C=O) groups excluding carboxylic acids is 2. The number of carbonyl (C=O) groups is 2. The number of alkyl halides is 3. The van der Waals surface area contributed by atoms with E-state index < -0.39 is 24.4 Å². The normalized spacial score (nSPS) is 15.3. The summed E-state index contributed by atoms with van der Waals surface area (Å²) in [5, 5.41) is 16.2. The molecule has 0 spiro atoms. The van der Waals surface area contributed by atoms with Crippen molar-refractivity contribution in [3.8, 4) is 11.8 Å². The minimum Gasteiger partial charge on any atom is -0.495 e. The lowest BCUT2D eigenvalue weighted by Crippen LogP contribution is -2.47. The molecule has 0 bridgehead atoms. The van der Waals surface area contributed by atoms with E-state index in [1.165, 1.54) is 41.1 Å². The van der Waals surface area contributed by atoms with Gasteiger partial charge in [-0.3, -0.25) is 14.3 Å². The summed E-state index contributed by atoms with van der Waals surface area (Å²) in [5.74, 6) is -0.602. The van der Waals surface area contributed by atoms with Gasteiger partial charge < -0.3 is 15.0 Å². The predicted molar refractivity (Wildman–Crippen MR) is 125 cm³/mol. The van der Waals surface area contributed by atoms with Gasteiger partial charge in [0.15, 0.2) is 0 Å². The molecule has 2 heterocycles. The summed E-state index contributed by atoms with van der Waals surface area (Å²) >= 11 is 0. The minimum absolute atomic E-state index is 0.144. The zero-order chi connectivity index (χ0) is 26.0. The summed E-state index contributed by atoms with van der Waals surface area (Å²) in [7, 11) is 1.42. The molecule has 1 aromatic heterocycles. The van der Waals surface area contributed by atoms with E-state index in [4.69, 9.17) is 4.74 Å². The molecule has 3 aromatic rings. The molecule has 1 unspecified atom stereocenters. The molecule has 0 saturated carbocycles. The van der Waals surface area contributed by atoms with Gasteiger partial charge in [0, 0.05) is 17.7 Å². The standard InChI is InChI=1S/C25H22F3N5O3/c1-15-14-32-22(24(35)33(15)19-6-3-16(4-7-19)9-10-25(26,27)28)20(13-30-32)31-23(34)17-5-8-21(36-2)18(11-17)12-29/h3-8,11,13,15H,9-10,14H2,1-2H3,(H,31,34). The zero-order valence-corrected chi connectivity index (χ0v) is 19.5. The third-order valence-electron chi connectivity index (χ3n) is 5.88. The zero-order valence-electron chi connectivity index (χ0n) is 19.5. The maximum absolute atomic E-state index is 13.5. The van der Waals surface area contributed by atoms with Crippen LogP contribution in [0.3, 0.4) is 0 Å². The lowest BCUT2D eigenvalue weighted by Gasteiger charge is -2.34. The Bertz CT molecular complexity index is 1340. The molecule has 8 nitrogen and oxygen atoms in total. The Labute approximate surface area is 204 Å². The van der Waals surface area contributed by atoms with Gasteiger partial charge in [-0.25, -0.2) is 0 Å². The number of anilines is 2. The average Bonchev–Trinajstić information content (AvgIpc) is 3.24. The van der Waals surface area contributed by atoms with Crippen molar-refractivity contribution in [1.29, 1.82) is 5.26 Å². The lowest BCUT2D eigenvalue weighted by molar-refractivity contribution is -0.134. The molecule has 0 fully saturated rings. The third-order valence-corrected chi connectivity index (χ3v) is 5.88. The molecule has 186 valence electrons. The Morgan fingerprint density at radius 1 is 1.25 bits per heavy atom. The average molecular weight is 497 g/mol. The number of halogens is 3. The highest BCUT2D eigenvalue weighted by atomic mass is 19.4. The van der Waals surface area contributed by atoms with E-state index >= 15 is 0 Å². The first-order chi connectivity index (χ1) is 17.1. The first-order valence-corrected chi connectivity index (χ1v) is 11.1. The number of amides is 2. The number of aromatic nitrogens is 2. The predicted octanol–water partition coefficient (Wildman–Crippen LogP) is 4.56. The number of nitrogens with zero attached hydrogens (tertiary/aromatic N) is 4. The Morgan fingerprint density at radius 2 is 1.97 bits per heavy atom. The van der Waals surface area contributed by atoms with Crippen molar-refractivity contribution >= 4 is 23.2 Å². The second-order valence-electron chi connectivity index (χ2n) is 8.38. The second-order valence-corrected chi connectivity index (χ2v) is 8.38. The van der Waals surface area contributed by atoms with Gasteiger partial charge in [0.05, 0.1) is 37.1 Å². The van der Waals surface area contributed by atoms with Gasteiger partial charge in [-0.15, -0.1) is 0 Å². The van der Waals surface area contributed by atoms with Gasteiger partial charge in [0.1, 0.15) is 17.5 Å². The van der Waals surface area contributed by atoms with Crippen LogP contribution in [0.5, 0.6) is 5.75 Å². The largest absolute Gasteiger partial charge is 0.495 e. The van der Waals surface area contributed by atoms with Crippen LogP contribution in [0.2, 0.25) is 0 Å². The molecule has 2 aromatic carbocycles. The summed E-state index contributed by atoms with van der Waals surface area (Å²) in [4.78, 5) is 27.8. The van der Waals surface area contributed by atoms with Crippen molar-refractivity contribution in [2.24, 2.45) is 0 Å². The van der Waals surface area contributed by atoms with Crippen LogP contribution in [0.4, 0.5) is 24.5 Å².